The van der Waals surface area contributed by atoms with Crippen molar-refractivity contribution in [3.8, 4) is 5.75 Å². The molecule has 0 spiro atoms. The molecule has 1 heterocycles. The fraction of sp³-hybridized carbons (Fsp3) is 0.0833. The van der Waals surface area contributed by atoms with Gasteiger partial charge in [0.2, 0.25) is 0 Å². The molecule has 1 aromatic carbocycles. The molecule has 2 amide bonds. The molecule has 114 valence electrons. The van der Waals surface area contributed by atoms with Gasteiger partial charge in [-0.1, -0.05) is 0 Å². The van der Waals surface area contributed by atoms with Crippen LogP contribution in [0.3, 0.4) is 0 Å². The lowest BCUT2D eigenvalue weighted by Crippen LogP contribution is -2.21. The summed E-state index contributed by atoms with van der Waals surface area (Å²) in [6.45, 7) is 0. The SMILES string of the molecule is COc1cc([N+](=O)[O-])ccc1NC(=O)Nc1ccc(=O)[nH]n1. The van der Waals surface area contributed by atoms with Gasteiger partial charge in [-0.3, -0.25) is 20.2 Å². The predicted molar refractivity (Wildman–Crippen MR) is 77.1 cm³/mol. The van der Waals surface area contributed by atoms with E-state index in [0.29, 0.717) is 0 Å². The van der Waals surface area contributed by atoms with E-state index in [-0.39, 0.29) is 22.9 Å². The van der Waals surface area contributed by atoms with Crippen molar-refractivity contribution in [2.75, 3.05) is 17.7 Å². The van der Waals surface area contributed by atoms with Crippen molar-refractivity contribution >= 4 is 23.2 Å². The number of methoxy groups -OCH3 is 1. The molecule has 0 unspecified atom stereocenters. The summed E-state index contributed by atoms with van der Waals surface area (Å²) >= 11 is 0. The Morgan fingerprint density at radius 3 is 2.68 bits per heavy atom. The molecule has 0 saturated heterocycles. The smallest absolute Gasteiger partial charge is 0.325 e. The van der Waals surface area contributed by atoms with E-state index in [2.05, 4.69) is 20.8 Å². The lowest BCUT2D eigenvalue weighted by Gasteiger charge is -2.10. The molecule has 2 aromatic rings. The summed E-state index contributed by atoms with van der Waals surface area (Å²) in [6.07, 6.45) is 0. The molecule has 1 aromatic heterocycles. The average Bonchev–Trinajstić information content (AvgIpc) is 2.49. The summed E-state index contributed by atoms with van der Waals surface area (Å²) in [6, 6.07) is 5.65. The first-order valence-corrected chi connectivity index (χ1v) is 5.96. The first kappa shape index (κ1) is 15.0. The molecule has 0 fully saturated rings. The maximum absolute atomic E-state index is 11.8. The third-order valence-electron chi connectivity index (χ3n) is 2.56. The number of nitro groups is 1. The van der Waals surface area contributed by atoms with Crippen molar-refractivity contribution in [2.45, 2.75) is 0 Å². The molecule has 2 rings (SSSR count). The zero-order chi connectivity index (χ0) is 16.1. The minimum absolute atomic E-state index is 0.137. The monoisotopic (exact) mass is 305 g/mol. The van der Waals surface area contributed by atoms with Gasteiger partial charge in [-0.05, 0) is 12.1 Å². The Kier molecular flexibility index (Phi) is 4.32. The summed E-state index contributed by atoms with van der Waals surface area (Å²) in [7, 11) is 1.33. The Hall–Kier alpha value is -3.43. The largest absolute Gasteiger partial charge is 0.494 e. The molecule has 3 N–H and O–H groups in total. The minimum atomic E-state index is -0.647. The highest BCUT2D eigenvalue weighted by molar-refractivity contribution is 6.00. The summed E-state index contributed by atoms with van der Waals surface area (Å²) < 4.78 is 4.99. The number of nitrogens with one attached hydrogen (secondary N) is 3. The normalized spacial score (nSPS) is 9.86. The van der Waals surface area contributed by atoms with E-state index >= 15 is 0 Å². The number of non-ortho nitro benzene ring substituents is 1. The van der Waals surface area contributed by atoms with Crippen LogP contribution in [0.4, 0.5) is 22.0 Å². The molecule has 10 heteroatoms. The van der Waals surface area contributed by atoms with Crippen LogP contribution in [-0.2, 0) is 0 Å². The van der Waals surface area contributed by atoms with Crippen molar-refractivity contribution in [3.63, 3.8) is 0 Å². The summed E-state index contributed by atoms with van der Waals surface area (Å²) in [4.78, 5) is 32.8. The standard InChI is InChI=1S/C12H11N5O5/c1-22-9-6-7(17(20)21)2-3-8(9)13-12(19)14-10-4-5-11(18)16-15-10/h2-6H,1H3,(H,16,18)(H2,13,14,15,19). The van der Waals surface area contributed by atoms with Gasteiger partial charge >= 0.3 is 6.03 Å². The van der Waals surface area contributed by atoms with E-state index in [4.69, 9.17) is 4.74 Å². The third kappa shape index (κ3) is 3.56. The highest BCUT2D eigenvalue weighted by Gasteiger charge is 2.13. The number of carbonyl (C=O) groups excluding carboxylic acids is 1. The number of nitro benzene ring substituents is 1. The molecule has 0 radical (unpaired) electrons. The lowest BCUT2D eigenvalue weighted by atomic mass is 10.2. The topological polar surface area (TPSA) is 139 Å². The Balaban J connectivity index is 2.12. The number of amides is 2. The number of rotatable bonds is 4. The molecule has 0 saturated carbocycles. The van der Waals surface area contributed by atoms with Crippen molar-refractivity contribution in [1.29, 1.82) is 0 Å². The van der Waals surface area contributed by atoms with Gasteiger partial charge in [-0.2, -0.15) is 5.10 Å². The highest BCUT2D eigenvalue weighted by Crippen LogP contribution is 2.28. The van der Waals surface area contributed by atoms with Crippen LogP contribution < -0.4 is 20.9 Å². The van der Waals surface area contributed by atoms with Crippen molar-refractivity contribution in [3.05, 3.63) is 50.8 Å². The van der Waals surface area contributed by atoms with Gasteiger partial charge in [0, 0.05) is 12.1 Å². The van der Waals surface area contributed by atoms with Gasteiger partial charge in [-0.15, -0.1) is 0 Å². The number of aromatic nitrogens is 2. The van der Waals surface area contributed by atoms with Crippen LogP contribution >= 0.6 is 0 Å². The first-order valence-electron chi connectivity index (χ1n) is 5.96. The molecule has 0 aliphatic heterocycles. The number of urea groups is 1. The zero-order valence-corrected chi connectivity index (χ0v) is 11.3. The van der Waals surface area contributed by atoms with Gasteiger partial charge in [0.15, 0.2) is 5.82 Å². The molecule has 10 nitrogen and oxygen atoms in total. The minimum Gasteiger partial charge on any atom is -0.494 e. The number of hydrogen-bond donors (Lipinski definition) is 3. The number of ether oxygens (including phenoxy) is 1. The van der Waals surface area contributed by atoms with E-state index in [0.717, 1.165) is 0 Å². The fourth-order valence-corrected chi connectivity index (χ4v) is 1.58. The summed E-state index contributed by atoms with van der Waals surface area (Å²) in [5.41, 5.74) is -0.317. The second kappa shape index (κ2) is 6.35. The number of carbonyl (C=O) groups is 1. The highest BCUT2D eigenvalue weighted by atomic mass is 16.6. The van der Waals surface area contributed by atoms with Crippen LogP contribution in [0.2, 0.25) is 0 Å². The number of anilines is 2. The summed E-state index contributed by atoms with van der Waals surface area (Å²) in [5.74, 6) is 0.275. The van der Waals surface area contributed by atoms with Crippen molar-refractivity contribution < 1.29 is 14.5 Å². The number of nitrogens with zero attached hydrogens (tertiary/aromatic N) is 2. The van der Waals surface area contributed by atoms with Gasteiger partial charge in [0.25, 0.3) is 11.2 Å². The Morgan fingerprint density at radius 1 is 1.32 bits per heavy atom. The predicted octanol–water partition coefficient (Wildman–Crippen LogP) is 1.33. The van der Waals surface area contributed by atoms with Crippen LogP contribution in [0.1, 0.15) is 0 Å². The number of H-pyrrole nitrogens is 1. The molecule has 0 aliphatic rings. The van der Waals surface area contributed by atoms with Gasteiger partial charge < -0.3 is 10.1 Å². The van der Waals surface area contributed by atoms with Gasteiger partial charge in [-0.25, -0.2) is 9.89 Å². The maximum atomic E-state index is 11.8. The zero-order valence-electron chi connectivity index (χ0n) is 11.3. The molecular formula is C12H11N5O5. The van der Waals surface area contributed by atoms with Crippen molar-refractivity contribution in [2.24, 2.45) is 0 Å². The van der Waals surface area contributed by atoms with Gasteiger partial charge in [0.05, 0.1) is 23.8 Å². The van der Waals surface area contributed by atoms with E-state index in [1.807, 2.05) is 0 Å². The number of benzene rings is 1. The maximum Gasteiger partial charge on any atom is 0.325 e. The van der Waals surface area contributed by atoms with Crippen LogP contribution in [0.15, 0.2) is 35.1 Å². The second-order valence-electron chi connectivity index (χ2n) is 4.03. The fourth-order valence-electron chi connectivity index (χ4n) is 1.58. The molecular weight excluding hydrogens is 294 g/mol. The van der Waals surface area contributed by atoms with Crippen LogP contribution in [0.25, 0.3) is 0 Å². The van der Waals surface area contributed by atoms with Gasteiger partial charge in [0.1, 0.15) is 5.75 Å². The third-order valence-corrected chi connectivity index (χ3v) is 2.56. The van der Waals surface area contributed by atoms with E-state index < -0.39 is 16.5 Å². The molecule has 0 atom stereocenters. The Bertz CT molecular complexity index is 752. The molecule has 0 aliphatic carbocycles. The van der Waals surface area contributed by atoms with E-state index in [1.54, 1.807) is 0 Å². The van der Waals surface area contributed by atoms with Crippen molar-refractivity contribution in [1.82, 2.24) is 10.2 Å². The number of hydrogen-bond acceptors (Lipinski definition) is 6. The van der Waals surface area contributed by atoms with Crippen LogP contribution in [0.5, 0.6) is 5.75 Å². The first-order chi connectivity index (χ1) is 10.5. The lowest BCUT2D eigenvalue weighted by molar-refractivity contribution is -0.384. The quantitative estimate of drug-likeness (QED) is 0.575. The Morgan fingerprint density at radius 2 is 2.09 bits per heavy atom. The van der Waals surface area contributed by atoms with E-state index in [1.165, 1.54) is 37.4 Å². The summed E-state index contributed by atoms with van der Waals surface area (Å²) in [5, 5.41) is 21.3. The Labute approximate surface area is 123 Å². The number of aromatic amines is 1. The molecule has 22 heavy (non-hydrogen) atoms. The van der Waals surface area contributed by atoms with Crippen LogP contribution in [0, 0.1) is 10.1 Å². The molecule has 0 bridgehead atoms. The van der Waals surface area contributed by atoms with E-state index in [9.17, 15) is 19.7 Å². The van der Waals surface area contributed by atoms with Crippen LogP contribution in [-0.4, -0.2) is 28.3 Å². The average molecular weight is 305 g/mol. The second-order valence-corrected chi connectivity index (χ2v) is 4.03.